The molecule has 1 N–H and O–H groups in total. The standard InChI is InChI=1S/C46H89NO5/c1-5-9-13-25-35-43(33-11-7-3)45(49)51-41-31-23-19-15-17-21-27-37-47(39-29-30-40-48)38-28-22-18-16-20-24-32-42-52-46(50)44(34-12-8-4)36-26-14-10-6-2/h29-30,43-44,48H,5-28,31-42H2,1-4H3/b30-29+. The Kier molecular flexibility index (Phi) is 39.7. The normalized spacial score (nSPS) is 12.9. The van der Waals surface area contributed by atoms with Crippen LogP contribution in [0.4, 0.5) is 0 Å². The molecule has 0 aromatic rings. The molecule has 52 heavy (non-hydrogen) atoms. The molecule has 0 aliphatic carbocycles. The van der Waals surface area contributed by atoms with Crippen LogP contribution < -0.4 is 0 Å². The summed E-state index contributed by atoms with van der Waals surface area (Å²) in [5.74, 6) is 0.311. The molecule has 0 saturated heterocycles. The molecule has 2 unspecified atom stereocenters. The number of unbranched alkanes of at least 4 members (excludes halogenated alkanes) is 20. The van der Waals surface area contributed by atoms with Crippen molar-refractivity contribution in [2.75, 3.05) is 39.5 Å². The van der Waals surface area contributed by atoms with Crippen LogP contribution in [0, 0.1) is 11.8 Å². The number of ether oxygens (including phenoxy) is 2. The maximum absolute atomic E-state index is 12.6. The molecular weight excluding hydrogens is 647 g/mol. The van der Waals surface area contributed by atoms with Gasteiger partial charge in [0.25, 0.3) is 0 Å². The largest absolute Gasteiger partial charge is 0.465 e. The summed E-state index contributed by atoms with van der Waals surface area (Å²) in [7, 11) is 0. The van der Waals surface area contributed by atoms with Crippen molar-refractivity contribution in [2.24, 2.45) is 11.8 Å². The molecule has 0 heterocycles. The van der Waals surface area contributed by atoms with Gasteiger partial charge >= 0.3 is 11.9 Å². The minimum atomic E-state index is 0.0498. The molecule has 0 aliphatic heterocycles. The second-order valence-corrected chi connectivity index (χ2v) is 15.6. The summed E-state index contributed by atoms with van der Waals surface area (Å²) < 4.78 is 11.4. The molecule has 0 saturated carbocycles. The van der Waals surface area contributed by atoms with E-state index in [0.717, 1.165) is 110 Å². The quantitative estimate of drug-likeness (QED) is 0.0383. The summed E-state index contributed by atoms with van der Waals surface area (Å²) in [6, 6.07) is 0. The van der Waals surface area contributed by atoms with Gasteiger partial charge < -0.3 is 14.6 Å². The Hall–Kier alpha value is -1.40. The summed E-state index contributed by atoms with van der Waals surface area (Å²) in [5.41, 5.74) is 0. The highest BCUT2D eigenvalue weighted by molar-refractivity contribution is 5.72. The van der Waals surface area contributed by atoms with E-state index in [9.17, 15) is 14.7 Å². The van der Waals surface area contributed by atoms with Crippen molar-refractivity contribution < 1.29 is 24.2 Å². The highest BCUT2D eigenvalue weighted by atomic mass is 16.5. The smallest absolute Gasteiger partial charge is 0.308 e. The van der Waals surface area contributed by atoms with E-state index in [2.05, 4.69) is 38.7 Å². The molecular formula is C46H89NO5. The number of aliphatic hydroxyl groups is 1. The van der Waals surface area contributed by atoms with Crippen LogP contribution in [0.1, 0.15) is 220 Å². The van der Waals surface area contributed by atoms with E-state index in [1.165, 1.54) is 103 Å². The maximum Gasteiger partial charge on any atom is 0.308 e. The number of carbonyl (C=O) groups is 2. The maximum atomic E-state index is 12.6. The van der Waals surface area contributed by atoms with Crippen molar-refractivity contribution in [3.63, 3.8) is 0 Å². The summed E-state index contributed by atoms with van der Waals surface area (Å²) in [6.07, 6.45) is 39.0. The van der Waals surface area contributed by atoms with Crippen molar-refractivity contribution in [1.29, 1.82) is 0 Å². The Labute approximate surface area is 324 Å². The summed E-state index contributed by atoms with van der Waals surface area (Å²) in [6.45, 7) is 13.3. The number of hydrogen-bond donors (Lipinski definition) is 1. The molecule has 0 fully saturated rings. The van der Waals surface area contributed by atoms with Gasteiger partial charge in [0, 0.05) is 6.54 Å². The van der Waals surface area contributed by atoms with E-state index in [1.807, 2.05) is 6.08 Å². The van der Waals surface area contributed by atoms with Crippen LogP contribution in [-0.4, -0.2) is 61.4 Å². The Morgan fingerprint density at radius 1 is 0.462 bits per heavy atom. The van der Waals surface area contributed by atoms with E-state index in [-0.39, 0.29) is 30.4 Å². The Balaban J connectivity index is 4.00. The molecule has 0 aromatic carbocycles. The Morgan fingerprint density at radius 3 is 1.19 bits per heavy atom. The van der Waals surface area contributed by atoms with E-state index in [0.29, 0.717) is 13.2 Å². The Bertz CT molecular complexity index is 731. The van der Waals surface area contributed by atoms with Gasteiger partial charge in [-0.05, 0) is 64.5 Å². The topological polar surface area (TPSA) is 76.1 Å². The predicted molar refractivity (Wildman–Crippen MR) is 223 cm³/mol. The van der Waals surface area contributed by atoms with Gasteiger partial charge in [-0.2, -0.15) is 0 Å². The van der Waals surface area contributed by atoms with Crippen LogP contribution in [0.2, 0.25) is 0 Å². The fraction of sp³-hybridized carbons (Fsp3) is 0.913. The van der Waals surface area contributed by atoms with Crippen molar-refractivity contribution in [3.8, 4) is 0 Å². The average molecular weight is 736 g/mol. The summed E-state index contributed by atoms with van der Waals surface area (Å²) >= 11 is 0. The van der Waals surface area contributed by atoms with Crippen LogP contribution in [0.5, 0.6) is 0 Å². The molecule has 6 nitrogen and oxygen atoms in total. The third kappa shape index (κ3) is 33.2. The van der Waals surface area contributed by atoms with E-state index >= 15 is 0 Å². The average Bonchev–Trinajstić information content (AvgIpc) is 3.15. The molecule has 6 heteroatoms. The number of rotatable bonds is 41. The minimum absolute atomic E-state index is 0.0498. The zero-order valence-corrected chi connectivity index (χ0v) is 35.3. The first-order valence-electron chi connectivity index (χ1n) is 22.8. The first kappa shape index (κ1) is 50.6. The molecule has 0 bridgehead atoms. The number of carbonyl (C=O) groups excluding carboxylic acids is 2. The second kappa shape index (κ2) is 40.8. The van der Waals surface area contributed by atoms with Crippen LogP contribution in [-0.2, 0) is 19.1 Å². The lowest BCUT2D eigenvalue weighted by atomic mass is 9.95. The molecule has 0 rings (SSSR count). The van der Waals surface area contributed by atoms with Gasteiger partial charge in [-0.15, -0.1) is 0 Å². The summed E-state index contributed by atoms with van der Waals surface area (Å²) in [5, 5.41) is 9.19. The van der Waals surface area contributed by atoms with Crippen molar-refractivity contribution in [1.82, 2.24) is 4.90 Å². The van der Waals surface area contributed by atoms with Crippen LogP contribution in [0.3, 0.4) is 0 Å². The molecule has 0 radical (unpaired) electrons. The highest BCUT2D eigenvalue weighted by Gasteiger charge is 2.20. The van der Waals surface area contributed by atoms with Crippen molar-refractivity contribution in [2.45, 2.75) is 220 Å². The van der Waals surface area contributed by atoms with Gasteiger partial charge in [-0.1, -0.05) is 181 Å². The third-order valence-electron chi connectivity index (χ3n) is 10.7. The molecule has 308 valence electrons. The predicted octanol–water partition coefficient (Wildman–Crippen LogP) is 12.9. The van der Waals surface area contributed by atoms with Crippen molar-refractivity contribution in [3.05, 3.63) is 12.2 Å². The lowest BCUT2D eigenvalue weighted by Gasteiger charge is -2.20. The van der Waals surface area contributed by atoms with Gasteiger partial charge in [0.1, 0.15) is 0 Å². The van der Waals surface area contributed by atoms with Gasteiger partial charge in [0.05, 0.1) is 31.7 Å². The van der Waals surface area contributed by atoms with Crippen LogP contribution in [0.25, 0.3) is 0 Å². The van der Waals surface area contributed by atoms with E-state index in [1.54, 1.807) is 0 Å². The highest BCUT2D eigenvalue weighted by Crippen LogP contribution is 2.21. The number of aliphatic hydroxyl groups excluding tert-OH is 1. The van der Waals surface area contributed by atoms with Crippen LogP contribution in [0.15, 0.2) is 12.2 Å². The summed E-state index contributed by atoms with van der Waals surface area (Å²) in [4.78, 5) is 27.8. The fourth-order valence-electron chi connectivity index (χ4n) is 7.11. The van der Waals surface area contributed by atoms with E-state index < -0.39 is 0 Å². The molecule has 2 atom stereocenters. The second-order valence-electron chi connectivity index (χ2n) is 15.6. The SMILES string of the molecule is CCCCCCC(CCCC)C(=O)OCCCCCCCCCN(C/C=C/CO)CCCCCCCCCOC(=O)C(CCCC)CCCCCC. The zero-order valence-electron chi connectivity index (χ0n) is 35.3. The number of esters is 2. The van der Waals surface area contributed by atoms with Gasteiger partial charge in [0.15, 0.2) is 0 Å². The minimum Gasteiger partial charge on any atom is -0.465 e. The first-order chi connectivity index (χ1) is 25.5. The van der Waals surface area contributed by atoms with Gasteiger partial charge in [0.2, 0.25) is 0 Å². The monoisotopic (exact) mass is 736 g/mol. The molecule has 0 amide bonds. The fourth-order valence-corrected chi connectivity index (χ4v) is 7.11. The van der Waals surface area contributed by atoms with E-state index in [4.69, 9.17) is 9.47 Å². The van der Waals surface area contributed by atoms with Gasteiger partial charge in [-0.3, -0.25) is 14.5 Å². The molecule has 0 spiro atoms. The number of hydrogen-bond acceptors (Lipinski definition) is 6. The Morgan fingerprint density at radius 2 is 0.808 bits per heavy atom. The molecule has 0 aromatic heterocycles. The third-order valence-corrected chi connectivity index (χ3v) is 10.7. The lowest BCUT2D eigenvalue weighted by molar-refractivity contribution is -0.150. The van der Waals surface area contributed by atoms with Crippen LogP contribution >= 0.6 is 0 Å². The zero-order chi connectivity index (χ0) is 38.2. The first-order valence-corrected chi connectivity index (χ1v) is 22.8. The van der Waals surface area contributed by atoms with Gasteiger partial charge in [-0.25, -0.2) is 0 Å². The number of nitrogens with zero attached hydrogens (tertiary/aromatic N) is 1. The molecule has 0 aliphatic rings. The lowest BCUT2D eigenvalue weighted by Crippen LogP contribution is -2.26. The van der Waals surface area contributed by atoms with Crippen molar-refractivity contribution >= 4 is 11.9 Å².